The van der Waals surface area contributed by atoms with Crippen molar-refractivity contribution < 1.29 is 9.21 Å². The zero-order valence-corrected chi connectivity index (χ0v) is 15.9. The molecule has 0 bridgehead atoms. The molecule has 0 saturated heterocycles. The molecule has 28 heavy (non-hydrogen) atoms. The van der Waals surface area contributed by atoms with Gasteiger partial charge < -0.3 is 9.73 Å². The summed E-state index contributed by atoms with van der Waals surface area (Å²) in [6, 6.07) is 22.3. The molecule has 0 aliphatic heterocycles. The number of nitrogens with zero attached hydrogens (tertiary/aromatic N) is 1. The first-order chi connectivity index (χ1) is 13.6. The predicted molar refractivity (Wildman–Crippen MR) is 114 cm³/mol. The Morgan fingerprint density at radius 1 is 1.00 bits per heavy atom. The maximum atomic E-state index is 12.2. The van der Waals surface area contributed by atoms with E-state index in [0.717, 1.165) is 27.9 Å². The van der Waals surface area contributed by atoms with Gasteiger partial charge in [0.25, 0.3) is 5.91 Å². The van der Waals surface area contributed by atoms with Crippen LogP contribution in [0.3, 0.4) is 0 Å². The quantitative estimate of drug-likeness (QED) is 0.488. The standard InChI is InChI=1S/C22H17N3O2S/c1-14-10-11-19-18(12-14)24-21(27-19)16-8-5-9-17(13-16)23-22(28)25-20(26)15-6-3-2-4-7-15/h2-13H,1H3,(H2,23,25,26,28). The van der Waals surface area contributed by atoms with E-state index in [9.17, 15) is 4.79 Å². The summed E-state index contributed by atoms with van der Waals surface area (Å²) >= 11 is 5.26. The van der Waals surface area contributed by atoms with Crippen molar-refractivity contribution in [3.8, 4) is 11.5 Å². The van der Waals surface area contributed by atoms with Crippen molar-refractivity contribution in [1.29, 1.82) is 0 Å². The molecule has 0 saturated carbocycles. The normalized spacial score (nSPS) is 10.6. The van der Waals surface area contributed by atoms with Gasteiger partial charge in [-0.2, -0.15) is 0 Å². The molecular weight excluding hydrogens is 370 g/mol. The first kappa shape index (κ1) is 17.9. The van der Waals surface area contributed by atoms with Crippen LogP contribution in [-0.4, -0.2) is 16.0 Å². The molecule has 0 unspecified atom stereocenters. The van der Waals surface area contributed by atoms with Crippen LogP contribution >= 0.6 is 12.2 Å². The molecule has 0 aliphatic rings. The molecular formula is C22H17N3O2S. The summed E-state index contributed by atoms with van der Waals surface area (Å²) in [5.41, 5.74) is 4.78. The van der Waals surface area contributed by atoms with Gasteiger partial charge in [0.15, 0.2) is 10.7 Å². The van der Waals surface area contributed by atoms with E-state index >= 15 is 0 Å². The van der Waals surface area contributed by atoms with Crippen LogP contribution in [0.1, 0.15) is 15.9 Å². The van der Waals surface area contributed by atoms with Crippen LogP contribution in [-0.2, 0) is 0 Å². The molecule has 4 rings (SSSR count). The predicted octanol–water partition coefficient (Wildman–Crippen LogP) is 4.93. The third kappa shape index (κ3) is 3.92. The number of amides is 1. The summed E-state index contributed by atoms with van der Waals surface area (Å²) in [7, 11) is 0. The van der Waals surface area contributed by atoms with Gasteiger partial charge >= 0.3 is 0 Å². The Balaban J connectivity index is 1.50. The monoisotopic (exact) mass is 387 g/mol. The van der Waals surface area contributed by atoms with Crippen LogP contribution in [0.2, 0.25) is 0 Å². The van der Waals surface area contributed by atoms with Gasteiger partial charge in [-0.05, 0) is 67.2 Å². The number of nitrogens with one attached hydrogen (secondary N) is 2. The highest BCUT2D eigenvalue weighted by Crippen LogP contribution is 2.26. The van der Waals surface area contributed by atoms with Crippen LogP contribution < -0.4 is 10.6 Å². The highest BCUT2D eigenvalue weighted by Gasteiger charge is 2.11. The van der Waals surface area contributed by atoms with E-state index in [-0.39, 0.29) is 11.0 Å². The molecule has 1 heterocycles. The number of oxazole rings is 1. The zero-order valence-electron chi connectivity index (χ0n) is 15.1. The van der Waals surface area contributed by atoms with Crippen LogP contribution in [0.5, 0.6) is 0 Å². The second kappa shape index (κ2) is 7.62. The number of carbonyl (C=O) groups is 1. The Morgan fingerprint density at radius 2 is 1.82 bits per heavy atom. The summed E-state index contributed by atoms with van der Waals surface area (Å²) in [6.07, 6.45) is 0. The summed E-state index contributed by atoms with van der Waals surface area (Å²) in [6.45, 7) is 2.02. The smallest absolute Gasteiger partial charge is 0.257 e. The summed E-state index contributed by atoms with van der Waals surface area (Å²) in [5.74, 6) is 0.270. The lowest BCUT2D eigenvalue weighted by Gasteiger charge is -2.10. The van der Waals surface area contributed by atoms with E-state index in [0.29, 0.717) is 11.5 Å². The van der Waals surface area contributed by atoms with Crippen molar-refractivity contribution >= 4 is 40.0 Å². The van der Waals surface area contributed by atoms with Gasteiger partial charge in [0.2, 0.25) is 5.89 Å². The molecule has 1 amide bonds. The number of aromatic nitrogens is 1. The second-order valence-electron chi connectivity index (χ2n) is 6.35. The topological polar surface area (TPSA) is 67.2 Å². The fraction of sp³-hybridized carbons (Fsp3) is 0.0455. The lowest BCUT2D eigenvalue weighted by molar-refractivity contribution is 0.0977. The van der Waals surface area contributed by atoms with Crippen LogP contribution in [0.4, 0.5) is 5.69 Å². The minimum atomic E-state index is -0.261. The first-order valence-corrected chi connectivity index (χ1v) is 9.14. The molecule has 2 N–H and O–H groups in total. The van der Waals surface area contributed by atoms with Crippen molar-refractivity contribution in [3.05, 3.63) is 83.9 Å². The number of benzene rings is 3. The van der Waals surface area contributed by atoms with Crippen LogP contribution in [0.25, 0.3) is 22.6 Å². The molecule has 5 nitrogen and oxygen atoms in total. The minimum Gasteiger partial charge on any atom is -0.436 e. The molecule has 0 radical (unpaired) electrons. The summed E-state index contributed by atoms with van der Waals surface area (Å²) < 4.78 is 5.85. The largest absolute Gasteiger partial charge is 0.436 e. The number of carbonyl (C=O) groups excluding carboxylic acids is 1. The van der Waals surface area contributed by atoms with Crippen LogP contribution in [0, 0.1) is 6.92 Å². The van der Waals surface area contributed by atoms with Crippen molar-refractivity contribution in [2.45, 2.75) is 6.92 Å². The molecule has 6 heteroatoms. The number of hydrogen-bond donors (Lipinski definition) is 2. The molecule has 0 fully saturated rings. The Kier molecular flexibility index (Phi) is 4.87. The van der Waals surface area contributed by atoms with E-state index in [2.05, 4.69) is 15.6 Å². The third-order valence-electron chi connectivity index (χ3n) is 4.17. The lowest BCUT2D eigenvalue weighted by atomic mass is 10.2. The Hall–Kier alpha value is -3.51. The van der Waals surface area contributed by atoms with E-state index in [1.807, 2.05) is 55.5 Å². The lowest BCUT2D eigenvalue weighted by Crippen LogP contribution is -2.34. The molecule has 0 aliphatic carbocycles. The fourth-order valence-electron chi connectivity index (χ4n) is 2.82. The Morgan fingerprint density at radius 3 is 2.64 bits per heavy atom. The number of thiocarbonyl (C=S) groups is 1. The van der Waals surface area contributed by atoms with E-state index in [1.54, 1.807) is 24.3 Å². The van der Waals surface area contributed by atoms with Crippen molar-refractivity contribution in [1.82, 2.24) is 10.3 Å². The zero-order chi connectivity index (χ0) is 19.5. The number of aryl methyl sites for hydroxylation is 1. The van der Waals surface area contributed by atoms with Crippen molar-refractivity contribution in [3.63, 3.8) is 0 Å². The number of hydrogen-bond acceptors (Lipinski definition) is 4. The van der Waals surface area contributed by atoms with Crippen LogP contribution in [0.15, 0.2) is 77.2 Å². The summed E-state index contributed by atoms with van der Waals surface area (Å²) in [5, 5.41) is 5.92. The Bertz CT molecular complexity index is 1170. The molecule has 1 aromatic heterocycles. The average Bonchev–Trinajstić information content (AvgIpc) is 3.12. The van der Waals surface area contributed by atoms with E-state index < -0.39 is 0 Å². The molecule has 0 spiro atoms. The van der Waals surface area contributed by atoms with Gasteiger partial charge in [-0.25, -0.2) is 4.98 Å². The number of anilines is 1. The van der Waals surface area contributed by atoms with Gasteiger partial charge in [0.1, 0.15) is 5.52 Å². The van der Waals surface area contributed by atoms with Gasteiger partial charge in [0, 0.05) is 16.8 Å². The van der Waals surface area contributed by atoms with Gasteiger partial charge in [-0.3, -0.25) is 10.1 Å². The summed E-state index contributed by atoms with van der Waals surface area (Å²) in [4.78, 5) is 16.8. The number of rotatable bonds is 3. The third-order valence-corrected chi connectivity index (χ3v) is 4.38. The van der Waals surface area contributed by atoms with Gasteiger partial charge in [-0.1, -0.05) is 30.3 Å². The molecule has 3 aromatic carbocycles. The maximum absolute atomic E-state index is 12.2. The Labute approximate surface area is 167 Å². The van der Waals surface area contributed by atoms with Gasteiger partial charge in [0.05, 0.1) is 0 Å². The molecule has 0 atom stereocenters. The van der Waals surface area contributed by atoms with E-state index in [1.165, 1.54) is 0 Å². The highest BCUT2D eigenvalue weighted by atomic mass is 32.1. The SMILES string of the molecule is Cc1ccc2oc(-c3cccc(NC(=S)NC(=O)c4ccccc4)c3)nc2c1. The highest BCUT2D eigenvalue weighted by molar-refractivity contribution is 7.80. The van der Waals surface area contributed by atoms with E-state index in [4.69, 9.17) is 16.6 Å². The maximum Gasteiger partial charge on any atom is 0.257 e. The minimum absolute atomic E-state index is 0.221. The fourth-order valence-corrected chi connectivity index (χ4v) is 3.03. The average molecular weight is 387 g/mol. The number of fused-ring (bicyclic) bond motifs is 1. The van der Waals surface area contributed by atoms with Crippen molar-refractivity contribution in [2.24, 2.45) is 0 Å². The molecule has 4 aromatic rings. The molecule has 138 valence electrons. The first-order valence-electron chi connectivity index (χ1n) is 8.73. The van der Waals surface area contributed by atoms with Gasteiger partial charge in [-0.15, -0.1) is 0 Å². The van der Waals surface area contributed by atoms with Crippen molar-refractivity contribution in [2.75, 3.05) is 5.32 Å². The second-order valence-corrected chi connectivity index (χ2v) is 6.75.